The number of hydrogen-bond acceptors (Lipinski definition) is 7. The Morgan fingerprint density at radius 1 is 1.18 bits per heavy atom. The minimum atomic E-state index is -4.55. The van der Waals surface area contributed by atoms with Crippen molar-refractivity contribution in [3.8, 4) is 0 Å². The van der Waals surface area contributed by atoms with Crippen molar-refractivity contribution in [3.05, 3.63) is 64.0 Å². The number of methoxy groups -OCH3 is 1. The van der Waals surface area contributed by atoms with Crippen molar-refractivity contribution in [1.29, 1.82) is 0 Å². The third-order valence-electron chi connectivity index (χ3n) is 4.09. The fourth-order valence-electron chi connectivity index (χ4n) is 2.64. The molecule has 0 aliphatic heterocycles. The van der Waals surface area contributed by atoms with Gasteiger partial charge in [-0.15, -0.1) is 22.7 Å². The molecule has 0 fully saturated rings. The van der Waals surface area contributed by atoms with Crippen molar-refractivity contribution in [1.82, 2.24) is 4.98 Å². The van der Waals surface area contributed by atoms with Gasteiger partial charge in [-0.2, -0.15) is 13.2 Å². The molecule has 3 rings (SSSR count). The lowest BCUT2D eigenvalue weighted by Crippen LogP contribution is -2.23. The van der Waals surface area contributed by atoms with Crippen LogP contribution in [0.4, 0.5) is 29.0 Å². The van der Waals surface area contributed by atoms with Crippen LogP contribution in [0.5, 0.6) is 0 Å². The summed E-state index contributed by atoms with van der Waals surface area (Å²) in [5, 5.41) is 4.75. The van der Waals surface area contributed by atoms with Gasteiger partial charge in [-0.05, 0) is 36.4 Å². The lowest BCUT2D eigenvalue weighted by molar-refractivity contribution is -0.137. The fraction of sp³-hybridized carbons (Fsp3) is 0.143. The smallest absolute Gasteiger partial charge is 0.416 e. The number of carbonyl (C=O) groups excluding carboxylic acids is 3. The molecular formula is C21H16F3N3O4S2. The van der Waals surface area contributed by atoms with Gasteiger partial charge in [0.1, 0.15) is 4.88 Å². The van der Waals surface area contributed by atoms with Gasteiger partial charge in [0.15, 0.2) is 5.13 Å². The lowest BCUT2D eigenvalue weighted by atomic mass is 10.2. The van der Waals surface area contributed by atoms with E-state index in [2.05, 4.69) is 15.0 Å². The molecule has 0 saturated heterocycles. The second kappa shape index (κ2) is 9.96. The molecule has 2 aromatic heterocycles. The number of carbonyl (C=O) groups is 3. The highest BCUT2D eigenvalue weighted by Gasteiger charge is 2.31. The van der Waals surface area contributed by atoms with Gasteiger partial charge in [0, 0.05) is 18.4 Å². The van der Waals surface area contributed by atoms with Crippen LogP contribution in [0.15, 0.2) is 47.9 Å². The molecule has 0 saturated carbocycles. The topological polar surface area (TPSA) is 88.6 Å². The fourth-order valence-corrected chi connectivity index (χ4v) is 4.33. The number of ether oxygens (including phenoxy) is 1. The summed E-state index contributed by atoms with van der Waals surface area (Å²) in [7, 11) is 1.26. The third kappa shape index (κ3) is 6.05. The Labute approximate surface area is 194 Å². The van der Waals surface area contributed by atoms with Gasteiger partial charge >= 0.3 is 12.1 Å². The largest absolute Gasteiger partial charge is 0.465 e. The quantitative estimate of drug-likeness (QED) is 0.368. The monoisotopic (exact) mass is 495 g/mol. The molecule has 0 spiro atoms. The Bertz CT molecular complexity index is 1220. The van der Waals surface area contributed by atoms with Crippen LogP contribution in [0, 0.1) is 0 Å². The van der Waals surface area contributed by atoms with E-state index < -0.39 is 29.5 Å². The molecule has 0 unspecified atom stereocenters. The number of benzene rings is 1. The summed E-state index contributed by atoms with van der Waals surface area (Å²) in [6.07, 6.45) is -1.95. The summed E-state index contributed by atoms with van der Waals surface area (Å²) in [5.74, 6) is -1.51. The molecule has 0 aliphatic rings. The number of esters is 1. The predicted octanol–water partition coefficient (Wildman–Crippen LogP) is 5.35. The first kappa shape index (κ1) is 24.1. The Kier molecular flexibility index (Phi) is 7.29. The number of anilines is 3. The van der Waals surface area contributed by atoms with E-state index in [1.165, 1.54) is 44.4 Å². The number of hydrogen-bond donors (Lipinski definition) is 1. The molecule has 12 heteroatoms. The first-order chi connectivity index (χ1) is 15.6. The molecule has 2 amide bonds. The maximum atomic E-state index is 13.0. The van der Waals surface area contributed by atoms with Crippen molar-refractivity contribution in [2.75, 3.05) is 17.3 Å². The summed E-state index contributed by atoms with van der Waals surface area (Å²) in [6.45, 7) is 1.22. The van der Waals surface area contributed by atoms with Crippen molar-refractivity contribution in [3.63, 3.8) is 0 Å². The molecule has 172 valence electrons. The third-order valence-corrected chi connectivity index (χ3v) is 5.92. The molecule has 0 bridgehead atoms. The van der Waals surface area contributed by atoms with Gasteiger partial charge in [0.25, 0.3) is 0 Å². The van der Waals surface area contributed by atoms with E-state index in [9.17, 15) is 27.6 Å². The number of alkyl halides is 3. The van der Waals surface area contributed by atoms with Crippen LogP contribution >= 0.6 is 22.7 Å². The summed E-state index contributed by atoms with van der Waals surface area (Å²) in [6, 6.07) is 7.46. The number of thiazole rings is 1. The van der Waals surface area contributed by atoms with Gasteiger partial charge in [-0.25, -0.2) is 9.78 Å². The van der Waals surface area contributed by atoms with Gasteiger partial charge in [0.05, 0.1) is 29.1 Å². The molecule has 2 heterocycles. The number of nitrogens with one attached hydrogen (secondary N) is 1. The van der Waals surface area contributed by atoms with Crippen molar-refractivity contribution in [2.24, 2.45) is 0 Å². The summed E-state index contributed by atoms with van der Waals surface area (Å²) in [4.78, 5) is 41.4. The SMILES string of the molecule is COC(=O)c1ccc(NC(=O)/C=C/c2csc(N(C(C)=O)c3cccc(C(F)(F)F)c3)n2)s1. The van der Waals surface area contributed by atoms with Crippen molar-refractivity contribution in [2.45, 2.75) is 13.1 Å². The van der Waals surface area contributed by atoms with Crippen LogP contribution in [-0.4, -0.2) is 29.9 Å². The number of aromatic nitrogens is 1. The molecule has 1 aromatic carbocycles. The normalized spacial score (nSPS) is 11.4. The first-order valence-electron chi connectivity index (χ1n) is 9.19. The zero-order valence-corrected chi connectivity index (χ0v) is 18.8. The predicted molar refractivity (Wildman–Crippen MR) is 120 cm³/mol. The first-order valence-corrected chi connectivity index (χ1v) is 10.9. The second-order valence-electron chi connectivity index (χ2n) is 6.44. The van der Waals surface area contributed by atoms with Crippen LogP contribution < -0.4 is 10.2 Å². The van der Waals surface area contributed by atoms with Gasteiger partial charge in [0.2, 0.25) is 11.8 Å². The van der Waals surface area contributed by atoms with E-state index >= 15 is 0 Å². The Hall–Kier alpha value is -3.51. The zero-order valence-electron chi connectivity index (χ0n) is 17.2. The van der Waals surface area contributed by atoms with Crippen LogP contribution in [0.2, 0.25) is 0 Å². The Balaban J connectivity index is 1.74. The summed E-state index contributed by atoms with van der Waals surface area (Å²) in [5.41, 5.74) is -0.521. The molecule has 7 nitrogen and oxygen atoms in total. The Morgan fingerprint density at radius 3 is 2.61 bits per heavy atom. The number of halogens is 3. The Morgan fingerprint density at radius 2 is 1.94 bits per heavy atom. The summed E-state index contributed by atoms with van der Waals surface area (Å²) >= 11 is 2.09. The minimum absolute atomic E-state index is 0.0269. The second-order valence-corrected chi connectivity index (χ2v) is 8.36. The van der Waals surface area contributed by atoms with Crippen LogP contribution in [0.1, 0.15) is 27.9 Å². The number of amides is 2. The molecule has 0 atom stereocenters. The molecule has 0 radical (unpaired) electrons. The number of rotatable bonds is 6. The average molecular weight is 496 g/mol. The zero-order chi connectivity index (χ0) is 24.2. The maximum Gasteiger partial charge on any atom is 0.416 e. The highest BCUT2D eigenvalue weighted by Crippen LogP contribution is 2.35. The van der Waals surface area contributed by atoms with Crippen molar-refractivity contribution >= 4 is 62.4 Å². The minimum Gasteiger partial charge on any atom is -0.465 e. The molecule has 0 aliphatic carbocycles. The number of nitrogens with zero attached hydrogens (tertiary/aromatic N) is 2. The van der Waals surface area contributed by atoms with E-state index in [1.54, 1.807) is 11.4 Å². The molecule has 3 aromatic rings. The molecule has 33 heavy (non-hydrogen) atoms. The average Bonchev–Trinajstić information content (AvgIpc) is 3.41. The highest BCUT2D eigenvalue weighted by atomic mass is 32.1. The van der Waals surface area contributed by atoms with E-state index in [0.717, 1.165) is 39.7 Å². The summed E-state index contributed by atoms with van der Waals surface area (Å²) < 4.78 is 43.7. The standard InChI is InChI=1S/C21H16F3N3O4S2/c1-12(28)27(15-5-3-4-13(10-15)21(22,23)24)20-25-14(11-32-20)6-8-17(29)26-18-9-7-16(33-18)19(30)31-2/h3-11H,1-2H3,(H,26,29)/b8-6+. The van der Waals surface area contributed by atoms with Gasteiger partial charge in [-0.1, -0.05) is 6.07 Å². The van der Waals surface area contributed by atoms with E-state index in [-0.39, 0.29) is 10.8 Å². The molecule has 1 N–H and O–H groups in total. The van der Waals surface area contributed by atoms with Gasteiger partial charge in [-0.3, -0.25) is 14.5 Å². The van der Waals surface area contributed by atoms with Gasteiger partial charge < -0.3 is 10.1 Å². The highest BCUT2D eigenvalue weighted by molar-refractivity contribution is 7.18. The van der Waals surface area contributed by atoms with E-state index in [0.29, 0.717) is 15.6 Å². The van der Waals surface area contributed by atoms with Crippen molar-refractivity contribution < 1.29 is 32.3 Å². The number of thiophene rings is 1. The van der Waals surface area contributed by atoms with E-state index in [1.807, 2.05) is 0 Å². The maximum absolute atomic E-state index is 13.0. The van der Waals surface area contributed by atoms with Crippen LogP contribution in [0.25, 0.3) is 6.08 Å². The lowest BCUT2D eigenvalue weighted by Gasteiger charge is -2.19. The molecular weight excluding hydrogens is 479 g/mol. The van der Waals surface area contributed by atoms with Crippen LogP contribution in [-0.2, 0) is 20.5 Å². The van der Waals surface area contributed by atoms with E-state index in [4.69, 9.17) is 0 Å². The van der Waals surface area contributed by atoms with Crippen LogP contribution in [0.3, 0.4) is 0 Å².